The Morgan fingerprint density at radius 3 is 2.44 bits per heavy atom. The van der Waals surface area contributed by atoms with E-state index in [0.29, 0.717) is 5.69 Å². The quantitative estimate of drug-likeness (QED) is 0.343. The lowest BCUT2D eigenvalue weighted by Crippen LogP contribution is -2.53. The number of carbonyl (C=O) groups is 4. The van der Waals surface area contributed by atoms with Crippen LogP contribution in [0.25, 0.3) is 0 Å². The van der Waals surface area contributed by atoms with Crippen molar-refractivity contribution in [2.24, 2.45) is 11.8 Å². The smallest absolute Gasteiger partial charge is 0.338 e. The highest BCUT2D eigenvalue weighted by Crippen LogP contribution is 2.54. The Labute approximate surface area is 222 Å². The lowest BCUT2D eigenvalue weighted by molar-refractivity contribution is -0.130. The molecule has 0 aliphatic carbocycles. The molecule has 2 saturated heterocycles. The molecule has 0 bridgehead atoms. The van der Waals surface area contributed by atoms with E-state index in [-0.39, 0.29) is 35.6 Å². The van der Waals surface area contributed by atoms with Crippen molar-refractivity contribution >= 4 is 35.1 Å². The molecule has 0 radical (unpaired) electrons. The molecule has 3 aliphatic rings. The van der Waals surface area contributed by atoms with E-state index in [4.69, 9.17) is 4.74 Å². The molecule has 3 aromatic rings. The number of amides is 3. The second-order valence-corrected chi connectivity index (χ2v) is 9.86. The van der Waals surface area contributed by atoms with Crippen molar-refractivity contribution in [2.75, 3.05) is 16.8 Å². The largest absolute Gasteiger partial charge is 0.508 e. The van der Waals surface area contributed by atoms with Crippen molar-refractivity contribution < 1.29 is 33.4 Å². The van der Waals surface area contributed by atoms with Gasteiger partial charge in [0.25, 0.3) is 0 Å². The van der Waals surface area contributed by atoms with E-state index in [1.54, 1.807) is 19.1 Å². The van der Waals surface area contributed by atoms with Crippen LogP contribution in [0, 0.1) is 17.7 Å². The van der Waals surface area contributed by atoms with E-state index in [0.717, 1.165) is 10.5 Å². The number of nitrogens with zero attached hydrogens (tertiary/aromatic N) is 1. The van der Waals surface area contributed by atoms with Crippen molar-refractivity contribution in [1.82, 2.24) is 5.32 Å². The van der Waals surface area contributed by atoms with Crippen LogP contribution in [0.15, 0.2) is 66.7 Å². The second kappa shape index (κ2) is 9.02. The van der Waals surface area contributed by atoms with Gasteiger partial charge in [-0.1, -0.05) is 12.1 Å². The van der Waals surface area contributed by atoms with Crippen LogP contribution in [0.1, 0.15) is 28.4 Å². The first kappa shape index (κ1) is 24.7. The molecule has 2 unspecified atom stereocenters. The molecule has 1 spiro atoms. The zero-order valence-corrected chi connectivity index (χ0v) is 20.8. The van der Waals surface area contributed by atoms with E-state index >= 15 is 0 Å². The van der Waals surface area contributed by atoms with Gasteiger partial charge in [0.2, 0.25) is 17.7 Å². The van der Waals surface area contributed by atoms with Gasteiger partial charge >= 0.3 is 5.97 Å². The van der Waals surface area contributed by atoms with E-state index in [1.165, 1.54) is 54.6 Å². The van der Waals surface area contributed by atoms with Gasteiger partial charge in [-0.05, 0) is 73.5 Å². The third-order valence-electron chi connectivity index (χ3n) is 7.71. The molecule has 198 valence electrons. The van der Waals surface area contributed by atoms with E-state index < -0.39 is 52.9 Å². The fourth-order valence-electron chi connectivity index (χ4n) is 6.05. The SMILES string of the molecule is CCOC(=O)c1ccc(N2C(=O)[C@@H]3C(Cc4ccc(O)cc4)NC4(C(=O)Nc5ccc(F)cc54)[C@@H]3C2=O)cc1. The van der Waals surface area contributed by atoms with Gasteiger partial charge in [0.1, 0.15) is 17.1 Å². The fraction of sp³-hybridized carbons (Fsp3) is 0.241. The fourth-order valence-corrected chi connectivity index (χ4v) is 6.05. The normalized spacial score (nSPS) is 25.1. The van der Waals surface area contributed by atoms with Crippen molar-refractivity contribution in [3.8, 4) is 5.75 Å². The maximum Gasteiger partial charge on any atom is 0.338 e. The van der Waals surface area contributed by atoms with Crippen LogP contribution in [-0.2, 0) is 31.1 Å². The summed E-state index contributed by atoms with van der Waals surface area (Å²) in [4.78, 5) is 54.7. The molecule has 3 heterocycles. The molecule has 0 saturated carbocycles. The highest BCUT2D eigenvalue weighted by atomic mass is 19.1. The monoisotopic (exact) mass is 529 g/mol. The third-order valence-corrected chi connectivity index (χ3v) is 7.71. The van der Waals surface area contributed by atoms with E-state index in [1.807, 2.05) is 0 Å². The lowest BCUT2D eigenvalue weighted by Gasteiger charge is -2.29. The van der Waals surface area contributed by atoms with Gasteiger partial charge in [-0.3, -0.25) is 19.7 Å². The highest BCUT2D eigenvalue weighted by molar-refractivity contribution is 6.25. The summed E-state index contributed by atoms with van der Waals surface area (Å²) in [5.74, 6) is -4.73. The molecule has 10 heteroatoms. The number of benzene rings is 3. The number of phenols is 1. The van der Waals surface area contributed by atoms with Crippen LogP contribution in [0.4, 0.5) is 15.8 Å². The van der Waals surface area contributed by atoms with Gasteiger partial charge in [-0.2, -0.15) is 0 Å². The molecule has 3 N–H and O–H groups in total. The minimum atomic E-state index is -1.66. The van der Waals surface area contributed by atoms with Crippen LogP contribution >= 0.6 is 0 Å². The zero-order valence-electron chi connectivity index (χ0n) is 20.8. The summed E-state index contributed by atoms with van der Waals surface area (Å²) in [6.45, 7) is 1.89. The Hall–Kier alpha value is -4.57. The van der Waals surface area contributed by atoms with Crippen LogP contribution in [0.3, 0.4) is 0 Å². The van der Waals surface area contributed by atoms with Crippen molar-refractivity contribution in [1.29, 1.82) is 0 Å². The number of nitrogens with one attached hydrogen (secondary N) is 2. The summed E-state index contributed by atoms with van der Waals surface area (Å²) in [5.41, 5.74) is 0.283. The lowest BCUT2D eigenvalue weighted by atomic mass is 9.76. The van der Waals surface area contributed by atoms with Gasteiger partial charge in [-0.25, -0.2) is 14.1 Å². The highest BCUT2D eigenvalue weighted by Gasteiger charge is 2.70. The molecule has 39 heavy (non-hydrogen) atoms. The molecule has 2 fully saturated rings. The second-order valence-electron chi connectivity index (χ2n) is 9.86. The summed E-state index contributed by atoms with van der Waals surface area (Å²) in [6, 6.07) is 15.6. The first-order chi connectivity index (χ1) is 18.7. The molecule has 9 nitrogen and oxygen atoms in total. The van der Waals surface area contributed by atoms with E-state index in [9.17, 15) is 28.7 Å². The third kappa shape index (κ3) is 3.70. The molecule has 4 atom stereocenters. The first-order valence-corrected chi connectivity index (χ1v) is 12.6. The maximum atomic E-state index is 14.4. The van der Waals surface area contributed by atoms with Crippen LogP contribution in [0.5, 0.6) is 5.75 Å². The number of anilines is 2. The minimum absolute atomic E-state index is 0.0802. The van der Waals surface area contributed by atoms with Gasteiger partial charge in [0.15, 0.2) is 0 Å². The minimum Gasteiger partial charge on any atom is -0.508 e. The van der Waals surface area contributed by atoms with Gasteiger partial charge in [0, 0.05) is 17.3 Å². The number of imide groups is 1. The molecular weight excluding hydrogens is 505 g/mol. The maximum absolute atomic E-state index is 14.4. The Morgan fingerprint density at radius 1 is 1.03 bits per heavy atom. The summed E-state index contributed by atoms with van der Waals surface area (Å²) >= 11 is 0. The predicted molar refractivity (Wildman–Crippen MR) is 137 cm³/mol. The van der Waals surface area contributed by atoms with Crippen molar-refractivity contribution in [3.05, 3.63) is 89.2 Å². The van der Waals surface area contributed by atoms with Crippen molar-refractivity contribution in [2.45, 2.75) is 24.9 Å². The summed E-state index contributed by atoms with van der Waals surface area (Å²) in [6.07, 6.45) is 0.274. The number of carbonyl (C=O) groups excluding carboxylic acids is 4. The standard InChI is InChI=1S/C29H24FN3O6/c1-2-39-27(37)16-5-8-18(9-6-16)33-25(35)23-22(13-15-3-10-19(34)11-4-15)32-29(24(23)26(33)36)20-14-17(30)7-12-21(20)31-28(29)38/h3-12,14,22-24,32,34H,2,13H2,1H3,(H,31,38)/t22?,23-,24+,29?/m1/s1. The Kier molecular flexibility index (Phi) is 5.72. The average Bonchev–Trinajstić information content (AvgIpc) is 3.50. The number of ether oxygens (including phenoxy) is 1. The van der Waals surface area contributed by atoms with Crippen LogP contribution in [-0.4, -0.2) is 41.4 Å². The Balaban J connectivity index is 1.43. The molecular formula is C29H24FN3O6. The predicted octanol–water partition coefficient (Wildman–Crippen LogP) is 2.88. The number of aromatic hydroxyl groups is 1. The Bertz CT molecular complexity index is 1520. The number of rotatable bonds is 5. The number of hydrogen-bond donors (Lipinski definition) is 3. The topological polar surface area (TPSA) is 125 Å². The van der Waals surface area contributed by atoms with Gasteiger partial charge in [-0.15, -0.1) is 0 Å². The molecule has 0 aromatic heterocycles. The first-order valence-electron chi connectivity index (χ1n) is 12.6. The van der Waals surface area contributed by atoms with Gasteiger partial charge < -0.3 is 15.2 Å². The number of halogens is 1. The number of fused-ring (bicyclic) bond motifs is 4. The molecule has 3 aliphatic heterocycles. The van der Waals surface area contributed by atoms with Gasteiger partial charge in [0.05, 0.1) is 29.7 Å². The molecule has 3 amide bonds. The number of phenolic OH excluding ortho intramolecular Hbond substituents is 1. The molecule has 3 aromatic carbocycles. The average molecular weight is 530 g/mol. The van der Waals surface area contributed by atoms with Crippen LogP contribution < -0.4 is 15.5 Å². The number of esters is 1. The Morgan fingerprint density at radius 2 is 1.74 bits per heavy atom. The zero-order chi connectivity index (χ0) is 27.5. The number of hydrogen-bond acceptors (Lipinski definition) is 7. The summed E-state index contributed by atoms with van der Waals surface area (Å²) in [7, 11) is 0. The van der Waals surface area contributed by atoms with Crippen molar-refractivity contribution in [3.63, 3.8) is 0 Å². The van der Waals surface area contributed by atoms with Crippen LogP contribution in [0.2, 0.25) is 0 Å². The summed E-state index contributed by atoms with van der Waals surface area (Å²) < 4.78 is 19.4. The van der Waals surface area contributed by atoms with E-state index in [2.05, 4.69) is 10.6 Å². The summed E-state index contributed by atoms with van der Waals surface area (Å²) in [5, 5.41) is 15.7. The molecule has 6 rings (SSSR count).